The summed E-state index contributed by atoms with van der Waals surface area (Å²) < 4.78 is 10.8. The largest absolute Gasteiger partial charge is 0.451 e. The van der Waals surface area contributed by atoms with Gasteiger partial charge in [-0.25, -0.2) is 4.79 Å². The van der Waals surface area contributed by atoms with Crippen LogP contribution < -0.4 is 0 Å². The van der Waals surface area contributed by atoms with E-state index in [4.69, 9.17) is 9.47 Å². The third-order valence-electron chi connectivity index (χ3n) is 4.64. The monoisotopic (exact) mass is 386 g/mol. The first kappa shape index (κ1) is 20.0. The minimum atomic E-state index is -0.656. The van der Waals surface area contributed by atoms with Crippen LogP contribution in [0.15, 0.2) is 18.2 Å². The molecule has 3 rings (SSSR count). The molecular weight excluding hydrogens is 360 g/mol. The Bertz CT molecular complexity index is 882. The number of hydrogen-bond acceptors (Lipinski definition) is 6. The number of amides is 1. The first-order chi connectivity index (χ1) is 13.2. The predicted molar refractivity (Wildman–Crippen MR) is 102 cm³/mol. The Morgan fingerprint density at radius 2 is 1.82 bits per heavy atom. The summed E-state index contributed by atoms with van der Waals surface area (Å²) in [4.78, 5) is 27.9. The molecule has 0 aliphatic carbocycles. The van der Waals surface area contributed by atoms with Gasteiger partial charge in [-0.1, -0.05) is 17.7 Å². The van der Waals surface area contributed by atoms with E-state index in [2.05, 4.69) is 10.2 Å². The maximum Gasteiger partial charge on any atom is 0.361 e. The minimum Gasteiger partial charge on any atom is -0.451 e. The van der Waals surface area contributed by atoms with Gasteiger partial charge in [0.2, 0.25) is 0 Å². The molecule has 2 atom stereocenters. The van der Waals surface area contributed by atoms with Crippen molar-refractivity contribution in [1.82, 2.24) is 19.9 Å². The Balaban J connectivity index is 1.66. The lowest BCUT2D eigenvalue weighted by Crippen LogP contribution is -2.49. The number of aryl methyl sites for hydroxylation is 3. The van der Waals surface area contributed by atoms with Crippen molar-refractivity contribution < 1.29 is 19.1 Å². The third-order valence-corrected chi connectivity index (χ3v) is 4.64. The lowest BCUT2D eigenvalue weighted by Gasteiger charge is -2.35. The average molecular weight is 386 g/mol. The molecule has 0 unspecified atom stereocenters. The number of nitrogens with zero attached hydrogens (tertiary/aromatic N) is 4. The lowest BCUT2D eigenvalue weighted by atomic mass is 10.1. The van der Waals surface area contributed by atoms with E-state index in [1.165, 1.54) is 4.80 Å². The zero-order valence-corrected chi connectivity index (χ0v) is 16.9. The second-order valence-corrected chi connectivity index (χ2v) is 7.35. The highest BCUT2D eigenvalue weighted by Gasteiger charge is 2.27. The van der Waals surface area contributed by atoms with E-state index < -0.39 is 5.97 Å². The van der Waals surface area contributed by atoms with Crippen LogP contribution in [0.2, 0.25) is 0 Å². The summed E-state index contributed by atoms with van der Waals surface area (Å²) in [5.74, 6) is -0.897. The van der Waals surface area contributed by atoms with Crippen molar-refractivity contribution >= 4 is 11.9 Å². The van der Waals surface area contributed by atoms with E-state index in [0.29, 0.717) is 18.8 Å². The number of carbonyl (C=O) groups is 2. The van der Waals surface area contributed by atoms with Crippen LogP contribution in [0.3, 0.4) is 0 Å². The number of hydrogen-bond donors (Lipinski definition) is 0. The molecule has 1 aliphatic heterocycles. The van der Waals surface area contributed by atoms with E-state index in [-0.39, 0.29) is 30.4 Å². The number of benzene rings is 1. The topological polar surface area (TPSA) is 86.6 Å². The van der Waals surface area contributed by atoms with Gasteiger partial charge in [-0.15, -0.1) is 5.10 Å². The quantitative estimate of drug-likeness (QED) is 0.747. The first-order valence-electron chi connectivity index (χ1n) is 9.36. The minimum absolute atomic E-state index is 0.0386. The van der Waals surface area contributed by atoms with Crippen molar-refractivity contribution in [3.05, 3.63) is 40.7 Å². The summed E-state index contributed by atoms with van der Waals surface area (Å²) in [5, 5.41) is 8.59. The maximum absolute atomic E-state index is 12.4. The summed E-state index contributed by atoms with van der Waals surface area (Å²) in [7, 11) is 0. The molecule has 0 bridgehead atoms. The molecule has 8 heteroatoms. The maximum atomic E-state index is 12.4. The number of esters is 1. The standard InChI is InChI=1S/C20H26N4O4/c1-12-6-7-17(13(2)8-12)24-21-16(5)19(22-24)20(26)27-11-18(25)23-9-14(3)28-15(4)10-23/h6-8,14-15H,9-11H2,1-5H3/t14-,15-/m0/s1. The van der Waals surface area contributed by atoms with Gasteiger partial charge in [0.1, 0.15) is 0 Å². The molecule has 2 heterocycles. The van der Waals surface area contributed by atoms with Gasteiger partial charge in [0, 0.05) is 13.1 Å². The van der Waals surface area contributed by atoms with Crippen molar-refractivity contribution in [3.8, 4) is 5.69 Å². The summed E-state index contributed by atoms with van der Waals surface area (Å²) in [6.45, 7) is 10.1. The van der Waals surface area contributed by atoms with Gasteiger partial charge in [0.25, 0.3) is 5.91 Å². The Kier molecular flexibility index (Phi) is 5.79. The van der Waals surface area contributed by atoms with Gasteiger partial charge in [-0.2, -0.15) is 9.90 Å². The number of rotatable bonds is 4. The van der Waals surface area contributed by atoms with Crippen LogP contribution in [-0.4, -0.2) is 63.7 Å². The first-order valence-corrected chi connectivity index (χ1v) is 9.36. The molecule has 1 aliphatic rings. The molecule has 8 nitrogen and oxygen atoms in total. The highest BCUT2D eigenvalue weighted by atomic mass is 16.5. The fourth-order valence-electron chi connectivity index (χ4n) is 3.37. The van der Waals surface area contributed by atoms with Crippen LogP contribution in [0.1, 0.15) is 41.2 Å². The van der Waals surface area contributed by atoms with Crippen LogP contribution in [-0.2, 0) is 14.3 Å². The second-order valence-electron chi connectivity index (χ2n) is 7.35. The van der Waals surface area contributed by atoms with Gasteiger partial charge in [-0.3, -0.25) is 4.79 Å². The highest BCUT2D eigenvalue weighted by molar-refractivity contribution is 5.90. The van der Waals surface area contributed by atoms with Crippen molar-refractivity contribution in [2.24, 2.45) is 0 Å². The van der Waals surface area contributed by atoms with E-state index in [9.17, 15) is 9.59 Å². The molecule has 0 saturated carbocycles. The van der Waals surface area contributed by atoms with Crippen molar-refractivity contribution in [2.45, 2.75) is 46.8 Å². The number of aromatic nitrogens is 3. The van der Waals surface area contributed by atoms with Crippen molar-refractivity contribution in [3.63, 3.8) is 0 Å². The van der Waals surface area contributed by atoms with Crippen LogP contribution in [0.5, 0.6) is 0 Å². The van der Waals surface area contributed by atoms with Crippen LogP contribution in [0.25, 0.3) is 5.69 Å². The zero-order chi connectivity index (χ0) is 20.4. The fraction of sp³-hybridized carbons (Fsp3) is 0.500. The molecule has 1 fully saturated rings. The summed E-state index contributed by atoms with van der Waals surface area (Å²) in [6, 6.07) is 5.89. The number of morpholine rings is 1. The molecule has 1 aromatic carbocycles. The van der Waals surface area contributed by atoms with E-state index >= 15 is 0 Å². The normalized spacial score (nSPS) is 19.5. The van der Waals surface area contributed by atoms with E-state index in [1.54, 1.807) is 11.8 Å². The third kappa shape index (κ3) is 4.39. The summed E-state index contributed by atoms with van der Waals surface area (Å²) in [6.07, 6.45) is -0.0772. The Morgan fingerprint density at radius 1 is 1.14 bits per heavy atom. The van der Waals surface area contributed by atoms with Crippen LogP contribution in [0, 0.1) is 20.8 Å². The van der Waals surface area contributed by atoms with Gasteiger partial charge in [0.05, 0.1) is 23.6 Å². The molecule has 150 valence electrons. The summed E-state index contributed by atoms with van der Waals surface area (Å²) in [5.41, 5.74) is 3.48. The molecule has 1 saturated heterocycles. The molecule has 0 N–H and O–H groups in total. The van der Waals surface area contributed by atoms with Gasteiger partial charge in [0.15, 0.2) is 12.3 Å². The molecular formula is C20H26N4O4. The Labute approximate surface area is 164 Å². The van der Waals surface area contributed by atoms with Crippen molar-refractivity contribution in [2.75, 3.05) is 19.7 Å². The highest BCUT2D eigenvalue weighted by Crippen LogP contribution is 2.16. The molecule has 2 aromatic rings. The fourth-order valence-corrected chi connectivity index (χ4v) is 3.37. The summed E-state index contributed by atoms with van der Waals surface area (Å²) >= 11 is 0. The lowest BCUT2D eigenvalue weighted by molar-refractivity contribution is -0.146. The predicted octanol–water partition coefficient (Wildman–Crippen LogP) is 1.99. The second kappa shape index (κ2) is 8.10. The van der Waals surface area contributed by atoms with Crippen LogP contribution in [0.4, 0.5) is 0 Å². The van der Waals surface area contributed by atoms with Crippen LogP contribution >= 0.6 is 0 Å². The molecule has 0 spiro atoms. The molecule has 0 radical (unpaired) electrons. The SMILES string of the molecule is Cc1ccc(-n2nc(C)c(C(=O)OCC(=O)N3C[C@H](C)O[C@@H](C)C3)n2)c(C)c1. The Hall–Kier alpha value is -2.74. The van der Waals surface area contributed by atoms with E-state index in [1.807, 2.05) is 45.9 Å². The van der Waals surface area contributed by atoms with E-state index in [0.717, 1.165) is 16.8 Å². The molecule has 28 heavy (non-hydrogen) atoms. The Morgan fingerprint density at radius 3 is 2.46 bits per heavy atom. The van der Waals surface area contributed by atoms with Crippen molar-refractivity contribution in [1.29, 1.82) is 0 Å². The molecule has 1 amide bonds. The number of carbonyl (C=O) groups excluding carboxylic acids is 2. The average Bonchev–Trinajstić information content (AvgIpc) is 3.00. The van der Waals surface area contributed by atoms with Gasteiger partial charge in [-0.05, 0) is 46.2 Å². The zero-order valence-electron chi connectivity index (χ0n) is 16.9. The smallest absolute Gasteiger partial charge is 0.361 e. The number of ether oxygens (including phenoxy) is 2. The molecule has 1 aromatic heterocycles. The van der Waals surface area contributed by atoms with Gasteiger partial charge < -0.3 is 14.4 Å². The van der Waals surface area contributed by atoms with Gasteiger partial charge >= 0.3 is 5.97 Å².